The van der Waals surface area contributed by atoms with Crippen LogP contribution in [0.4, 0.5) is 17.5 Å². The van der Waals surface area contributed by atoms with E-state index >= 15 is 0 Å². The Hall–Kier alpha value is -3.56. The number of benzene rings is 2. The molecule has 35 heavy (non-hydrogen) atoms. The Morgan fingerprint density at radius 1 is 0.971 bits per heavy atom. The number of nitrogens with one attached hydrogen (secondary N) is 1. The highest BCUT2D eigenvalue weighted by atomic mass is 32.2. The van der Waals surface area contributed by atoms with Crippen LogP contribution in [0.2, 0.25) is 0 Å². The minimum absolute atomic E-state index is 0.270. The summed E-state index contributed by atoms with van der Waals surface area (Å²) in [5.74, 6) is 1.39. The van der Waals surface area contributed by atoms with E-state index in [0.717, 1.165) is 47.5 Å². The number of sulfone groups is 1. The summed E-state index contributed by atoms with van der Waals surface area (Å²) in [7, 11) is -3.24. The molecule has 1 fully saturated rings. The number of aromatic nitrogens is 3. The molecule has 0 atom stereocenters. The Labute approximate surface area is 205 Å². The summed E-state index contributed by atoms with van der Waals surface area (Å²) in [6.45, 7) is 5.18. The molecule has 8 nitrogen and oxygen atoms in total. The van der Waals surface area contributed by atoms with E-state index in [0.29, 0.717) is 11.6 Å². The fourth-order valence-corrected chi connectivity index (χ4v) is 5.04. The lowest BCUT2D eigenvalue weighted by atomic mass is 10.0. The number of para-hydroxylation sites is 1. The molecule has 1 N–H and O–H groups in total. The zero-order valence-electron chi connectivity index (χ0n) is 19.8. The van der Waals surface area contributed by atoms with Crippen molar-refractivity contribution < 1.29 is 8.42 Å². The molecule has 0 unspecified atom stereocenters. The van der Waals surface area contributed by atoms with Gasteiger partial charge in [0.25, 0.3) is 0 Å². The SMILES string of the molecule is CCN(c1ccc(-c2cccc3cnc(Nc4ccc(S(C)(=O)=O)cc4)nc23)cn1)N1CCCC1. The molecule has 2 aromatic heterocycles. The Bertz CT molecular complexity index is 1430. The van der Waals surface area contributed by atoms with Crippen LogP contribution in [0.1, 0.15) is 19.8 Å². The highest BCUT2D eigenvalue weighted by molar-refractivity contribution is 7.90. The molecular weight excluding hydrogens is 460 g/mol. The molecule has 5 rings (SSSR count). The van der Waals surface area contributed by atoms with Crippen LogP contribution in [-0.4, -0.2) is 54.3 Å². The Morgan fingerprint density at radius 3 is 2.40 bits per heavy atom. The molecule has 3 heterocycles. The number of anilines is 3. The van der Waals surface area contributed by atoms with Crippen LogP contribution in [0.3, 0.4) is 0 Å². The summed E-state index contributed by atoms with van der Waals surface area (Å²) in [6, 6.07) is 16.7. The first-order valence-corrected chi connectivity index (χ1v) is 13.6. The number of hydrogen-bond acceptors (Lipinski definition) is 8. The number of rotatable bonds is 7. The molecule has 1 aliphatic heterocycles. The Morgan fingerprint density at radius 2 is 1.74 bits per heavy atom. The maximum Gasteiger partial charge on any atom is 0.227 e. The first-order valence-electron chi connectivity index (χ1n) is 11.7. The highest BCUT2D eigenvalue weighted by Crippen LogP contribution is 2.29. The number of fused-ring (bicyclic) bond motifs is 1. The van der Waals surface area contributed by atoms with E-state index in [1.165, 1.54) is 19.1 Å². The molecule has 0 spiro atoms. The first kappa shape index (κ1) is 23.2. The lowest BCUT2D eigenvalue weighted by molar-refractivity contribution is 0.309. The topological polar surface area (TPSA) is 91.3 Å². The molecule has 1 saturated heterocycles. The molecule has 0 aliphatic carbocycles. The number of hydrogen-bond donors (Lipinski definition) is 1. The summed E-state index contributed by atoms with van der Waals surface area (Å²) in [6.07, 6.45) is 7.33. The monoisotopic (exact) mass is 488 g/mol. The standard InChI is InChI=1S/C26H28N6O2S/c1-3-32(31-15-4-5-16-31)24-14-9-19(17-27-24)23-8-6-7-20-18-28-26(30-25(20)23)29-21-10-12-22(13-11-21)35(2,33)34/h6-14,17-18H,3-5,15-16H2,1-2H3,(H,28,29,30). The van der Waals surface area contributed by atoms with Crippen molar-refractivity contribution in [2.24, 2.45) is 0 Å². The molecule has 0 amide bonds. The maximum atomic E-state index is 11.7. The minimum Gasteiger partial charge on any atom is -0.324 e. The molecule has 1 aliphatic rings. The van der Waals surface area contributed by atoms with Crippen molar-refractivity contribution >= 4 is 38.2 Å². The second-order valence-electron chi connectivity index (χ2n) is 8.64. The molecule has 0 saturated carbocycles. The third-order valence-electron chi connectivity index (χ3n) is 6.20. The van der Waals surface area contributed by atoms with E-state index in [-0.39, 0.29) is 4.90 Å². The molecule has 4 aromatic rings. The van der Waals surface area contributed by atoms with Gasteiger partial charge in [-0.05, 0) is 56.2 Å². The van der Waals surface area contributed by atoms with Gasteiger partial charge in [-0.25, -0.2) is 28.4 Å². The van der Waals surface area contributed by atoms with Crippen molar-refractivity contribution in [2.75, 3.05) is 36.2 Å². The normalized spacial score (nSPS) is 14.3. The van der Waals surface area contributed by atoms with E-state index in [1.54, 1.807) is 30.5 Å². The fourth-order valence-electron chi connectivity index (χ4n) is 4.41. The second kappa shape index (κ2) is 9.59. The van der Waals surface area contributed by atoms with Crippen LogP contribution < -0.4 is 10.3 Å². The molecule has 0 radical (unpaired) electrons. The van der Waals surface area contributed by atoms with Crippen LogP contribution in [0, 0.1) is 0 Å². The number of nitrogens with zero attached hydrogens (tertiary/aromatic N) is 5. The second-order valence-corrected chi connectivity index (χ2v) is 10.7. The lowest BCUT2D eigenvalue weighted by Gasteiger charge is -2.31. The maximum absolute atomic E-state index is 11.7. The van der Waals surface area contributed by atoms with Crippen molar-refractivity contribution in [1.82, 2.24) is 20.0 Å². The quantitative estimate of drug-likeness (QED) is 0.401. The third-order valence-corrected chi connectivity index (χ3v) is 7.32. The Kier molecular flexibility index (Phi) is 6.36. The molecule has 0 bridgehead atoms. The van der Waals surface area contributed by atoms with E-state index in [4.69, 9.17) is 9.97 Å². The van der Waals surface area contributed by atoms with Crippen LogP contribution in [0.15, 0.2) is 71.9 Å². The van der Waals surface area contributed by atoms with Gasteiger partial charge in [0.15, 0.2) is 9.84 Å². The van der Waals surface area contributed by atoms with Crippen LogP contribution >= 0.6 is 0 Å². The van der Waals surface area contributed by atoms with Gasteiger partial charge in [0.2, 0.25) is 5.95 Å². The van der Waals surface area contributed by atoms with Crippen molar-refractivity contribution in [3.63, 3.8) is 0 Å². The molecule has 9 heteroatoms. The van der Waals surface area contributed by atoms with E-state index in [2.05, 4.69) is 39.4 Å². The molecule has 2 aromatic carbocycles. The van der Waals surface area contributed by atoms with Gasteiger partial charge in [-0.3, -0.25) is 5.01 Å². The molecular formula is C26H28N6O2S. The van der Waals surface area contributed by atoms with Gasteiger partial charge in [0.05, 0.1) is 10.4 Å². The minimum atomic E-state index is -3.24. The smallest absolute Gasteiger partial charge is 0.227 e. The van der Waals surface area contributed by atoms with Crippen LogP contribution in [0.5, 0.6) is 0 Å². The van der Waals surface area contributed by atoms with E-state index in [1.807, 2.05) is 24.4 Å². The van der Waals surface area contributed by atoms with Crippen molar-refractivity contribution in [3.8, 4) is 11.1 Å². The Balaban J connectivity index is 1.43. The lowest BCUT2D eigenvalue weighted by Crippen LogP contribution is -2.41. The predicted octanol–water partition coefficient (Wildman–Crippen LogP) is 4.68. The van der Waals surface area contributed by atoms with Crippen LogP contribution in [0.25, 0.3) is 22.0 Å². The van der Waals surface area contributed by atoms with Crippen molar-refractivity contribution in [3.05, 3.63) is 67.0 Å². The van der Waals surface area contributed by atoms with E-state index in [9.17, 15) is 8.42 Å². The van der Waals surface area contributed by atoms with Gasteiger partial charge in [-0.1, -0.05) is 18.2 Å². The van der Waals surface area contributed by atoms with E-state index < -0.39 is 9.84 Å². The summed E-state index contributed by atoms with van der Waals surface area (Å²) in [5.41, 5.74) is 3.49. The summed E-state index contributed by atoms with van der Waals surface area (Å²) >= 11 is 0. The van der Waals surface area contributed by atoms with Gasteiger partial charge < -0.3 is 5.32 Å². The van der Waals surface area contributed by atoms with Gasteiger partial charge in [-0.2, -0.15) is 0 Å². The first-order chi connectivity index (χ1) is 16.9. The predicted molar refractivity (Wildman–Crippen MR) is 139 cm³/mol. The third kappa shape index (κ3) is 4.96. The van der Waals surface area contributed by atoms with Crippen molar-refractivity contribution in [1.29, 1.82) is 0 Å². The van der Waals surface area contributed by atoms with Gasteiger partial charge in [0.1, 0.15) is 5.82 Å². The largest absolute Gasteiger partial charge is 0.324 e. The summed E-state index contributed by atoms with van der Waals surface area (Å²) in [4.78, 5) is 14.2. The fraction of sp³-hybridized carbons (Fsp3) is 0.269. The van der Waals surface area contributed by atoms with Crippen LogP contribution in [-0.2, 0) is 9.84 Å². The number of pyridine rings is 1. The van der Waals surface area contributed by atoms with Gasteiger partial charge in [0, 0.05) is 60.5 Å². The average Bonchev–Trinajstić information content (AvgIpc) is 3.39. The number of hydrazine groups is 1. The van der Waals surface area contributed by atoms with Crippen molar-refractivity contribution in [2.45, 2.75) is 24.7 Å². The van der Waals surface area contributed by atoms with Gasteiger partial charge in [-0.15, -0.1) is 0 Å². The zero-order chi connectivity index (χ0) is 24.4. The zero-order valence-corrected chi connectivity index (χ0v) is 20.7. The van der Waals surface area contributed by atoms with Gasteiger partial charge >= 0.3 is 0 Å². The average molecular weight is 489 g/mol. The summed E-state index contributed by atoms with van der Waals surface area (Å²) in [5, 5.41) is 8.72. The highest BCUT2D eigenvalue weighted by Gasteiger charge is 2.19. The summed E-state index contributed by atoms with van der Waals surface area (Å²) < 4.78 is 23.4. The molecule has 180 valence electrons.